The molecular weight excluding hydrogens is 343 g/mol. The fourth-order valence-electron chi connectivity index (χ4n) is 2.43. The molecule has 1 saturated heterocycles. The number of nitrogen functional groups attached to an aromatic ring is 1. The van der Waals surface area contributed by atoms with Gasteiger partial charge in [-0.05, 0) is 26.0 Å². The quantitative estimate of drug-likeness (QED) is 0.660. The number of amides is 1. The number of hydrogen-bond acceptors (Lipinski definition) is 5. The average Bonchev–Trinajstić information content (AvgIpc) is 2.47. The zero-order valence-electron chi connectivity index (χ0n) is 12.8. The summed E-state index contributed by atoms with van der Waals surface area (Å²) in [5.74, 6) is -1.03. The first-order chi connectivity index (χ1) is 10.8. The van der Waals surface area contributed by atoms with Crippen molar-refractivity contribution >= 4 is 40.8 Å². The largest absolute Gasteiger partial charge is 0.452 e. The number of carbonyl (C=O) groups is 2. The summed E-state index contributed by atoms with van der Waals surface area (Å²) in [7, 11) is 0. The molecule has 1 aromatic rings. The lowest BCUT2D eigenvalue weighted by molar-refractivity contribution is -0.146. The van der Waals surface area contributed by atoms with E-state index < -0.39 is 5.97 Å². The van der Waals surface area contributed by atoms with Crippen molar-refractivity contribution < 1.29 is 19.1 Å². The fourth-order valence-corrected chi connectivity index (χ4v) is 2.92. The van der Waals surface area contributed by atoms with Crippen molar-refractivity contribution in [2.75, 3.05) is 25.4 Å². The normalized spacial score (nSPS) is 21.1. The standard InChI is InChI=1S/C15H18Cl2N2O4/c1-8-5-19(6-9(2)23-8)13(20)7-22-15(21)11-3-10(16)4-12(17)14(11)18/h3-4,8-9H,5-7,18H2,1-2H3/t8-,9+. The van der Waals surface area contributed by atoms with Crippen LogP contribution in [0.5, 0.6) is 0 Å². The molecule has 0 saturated carbocycles. The number of nitrogens with zero attached hydrogens (tertiary/aromatic N) is 1. The SMILES string of the molecule is C[C@@H]1CN(C(=O)COC(=O)c2cc(Cl)cc(Cl)c2N)C[C@H](C)O1. The molecule has 1 fully saturated rings. The van der Waals surface area contributed by atoms with Gasteiger partial charge < -0.3 is 20.1 Å². The van der Waals surface area contributed by atoms with E-state index in [9.17, 15) is 9.59 Å². The Kier molecular flexibility index (Phi) is 5.73. The summed E-state index contributed by atoms with van der Waals surface area (Å²) in [6.07, 6.45) is -0.110. The molecule has 0 bridgehead atoms. The second-order valence-corrected chi connectivity index (χ2v) is 6.32. The highest BCUT2D eigenvalue weighted by Crippen LogP contribution is 2.28. The second kappa shape index (κ2) is 7.38. The number of benzene rings is 1. The minimum Gasteiger partial charge on any atom is -0.452 e. The Hall–Kier alpha value is -1.50. The average molecular weight is 361 g/mol. The monoisotopic (exact) mass is 360 g/mol. The summed E-state index contributed by atoms with van der Waals surface area (Å²) >= 11 is 11.7. The lowest BCUT2D eigenvalue weighted by Gasteiger charge is -2.35. The molecular formula is C15H18Cl2N2O4. The van der Waals surface area contributed by atoms with Gasteiger partial charge in [0.05, 0.1) is 28.5 Å². The van der Waals surface area contributed by atoms with Gasteiger partial charge in [-0.3, -0.25) is 4.79 Å². The zero-order valence-corrected chi connectivity index (χ0v) is 14.4. The van der Waals surface area contributed by atoms with Crippen LogP contribution in [0.4, 0.5) is 5.69 Å². The van der Waals surface area contributed by atoms with E-state index in [0.29, 0.717) is 13.1 Å². The molecule has 2 rings (SSSR count). The number of anilines is 1. The minimum absolute atomic E-state index is 0.0408. The van der Waals surface area contributed by atoms with Gasteiger partial charge >= 0.3 is 5.97 Å². The summed E-state index contributed by atoms with van der Waals surface area (Å²) in [4.78, 5) is 25.8. The van der Waals surface area contributed by atoms with E-state index in [4.69, 9.17) is 38.4 Å². The number of hydrogen-bond donors (Lipinski definition) is 1. The number of morpholine rings is 1. The Balaban J connectivity index is 1.98. The first-order valence-corrected chi connectivity index (χ1v) is 7.88. The Morgan fingerprint density at radius 3 is 2.52 bits per heavy atom. The van der Waals surface area contributed by atoms with Crippen LogP contribution in [0, 0.1) is 0 Å². The molecule has 0 radical (unpaired) electrons. The Labute approximate surface area is 144 Å². The van der Waals surface area contributed by atoms with Crippen molar-refractivity contribution in [1.29, 1.82) is 0 Å². The molecule has 0 aliphatic carbocycles. The maximum atomic E-state index is 12.2. The van der Waals surface area contributed by atoms with E-state index in [0.717, 1.165) is 0 Å². The van der Waals surface area contributed by atoms with Crippen LogP contribution in [0.3, 0.4) is 0 Å². The van der Waals surface area contributed by atoms with Gasteiger partial charge in [0.15, 0.2) is 6.61 Å². The van der Waals surface area contributed by atoms with Gasteiger partial charge in [0, 0.05) is 18.1 Å². The number of esters is 1. The van der Waals surface area contributed by atoms with Crippen LogP contribution in [0.25, 0.3) is 0 Å². The van der Waals surface area contributed by atoms with Gasteiger partial charge in [0.1, 0.15) is 0 Å². The first-order valence-electron chi connectivity index (χ1n) is 7.12. The molecule has 6 nitrogen and oxygen atoms in total. The van der Waals surface area contributed by atoms with Gasteiger partial charge in [0.25, 0.3) is 5.91 Å². The summed E-state index contributed by atoms with van der Waals surface area (Å²) in [5.41, 5.74) is 5.85. The zero-order chi connectivity index (χ0) is 17.1. The molecule has 1 aromatic carbocycles. The van der Waals surface area contributed by atoms with E-state index in [1.165, 1.54) is 12.1 Å². The molecule has 1 aliphatic rings. The number of rotatable bonds is 3. The Morgan fingerprint density at radius 1 is 1.30 bits per heavy atom. The van der Waals surface area contributed by atoms with Crippen molar-refractivity contribution in [3.05, 3.63) is 27.7 Å². The van der Waals surface area contributed by atoms with Crippen LogP contribution in [-0.4, -0.2) is 48.7 Å². The Morgan fingerprint density at radius 2 is 1.91 bits per heavy atom. The van der Waals surface area contributed by atoms with Crippen LogP contribution >= 0.6 is 23.2 Å². The van der Waals surface area contributed by atoms with Gasteiger partial charge in [-0.15, -0.1) is 0 Å². The molecule has 23 heavy (non-hydrogen) atoms. The predicted molar refractivity (Wildman–Crippen MR) is 87.7 cm³/mol. The highest BCUT2D eigenvalue weighted by atomic mass is 35.5. The second-order valence-electron chi connectivity index (χ2n) is 5.48. The van der Waals surface area contributed by atoms with Crippen molar-refractivity contribution in [2.45, 2.75) is 26.1 Å². The number of halogens is 2. The lowest BCUT2D eigenvalue weighted by Crippen LogP contribution is -2.49. The minimum atomic E-state index is -0.741. The van der Waals surface area contributed by atoms with E-state index in [-0.39, 0.29) is 46.0 Å². The maximum Gasteiger partial charge on any atom is 0.340 e. The van der Waals surface area contributed by atoms with Gasteiger partial charge in [-0.1, -0.05) is 23.2 Å². The van der Waals surface area contributed by atoms with Gasteiger partial charge in [-0.2, -0.15) is 0 Å². The maximum absolute atomic E-state index is 12.2. The topological polar surface area (TPSA) is 81.9 Å². The third-order valence-corrected chi connectivity index (χ3v) is 3.94. The Bertz CT molecular complexity index is 614. The molecule has 0 aromatic heterocycles. The third kappa shape index (κ3) is 4.50. The van der Waals surface area contributed by atoms with Crippen molar-refractivity contribution in [3.63, 3.8) is 0 Å². The fraction of sp³-hybridized carbons (Fsp3) is 0.467. The van der Waals surface area contributed by atoms with Crippen molar-refractivity contribution in [3.8, 4) is 0 Å². The molecule has 1 heterocycles. The van der Waals surface area contributed by atoms with Crippen molar-refractivity contribution in [2.24, 2.45) is 0 Å². The molecule has 0 spiro atoms. The van der Waals surface area contributed by atoms with Crippen molar-refractivity contribution in [1.82, 2.24) is 4.90 Å². The summed E-state index contributed by atoms with van der Waals surface area (Å²) in [6, 6.07) is 2.78. The van der Waals surface area contributed by atoms with Crippen LogP contribution in [0.1, 0.15) is 24.2 Å². The first kappa shape index (κ1) is 17.8. The highest BCUT2D eigenvalue weighted by Gasteiger charge is 2.26. The number of nitrogens with two attached hydrogens (primary N) is 1. The van der Waals surface area contributed by atoms with Crippen LogP contribution in [0.2, 0.25) is 10.0 Å². The van der Waals surface area contributed by atoms with E-state index in [1.54, 1.807) is 4.90 Å². The molecule has 2 N–H and O–H groups in total. The lowest BCUT2D eigenvalue weighted by atomic mass is 10.2. The van der Waals surface area contributed by atoms with E-state index >= 15 is 0 Å². The molecule has 1 amide bonds. The molecule has 2 atom stereocenters. The molecule has 8 heteroatoms. The van der Waals surface area contributed by atoms with E-state index in [1.807, 2.05) is 13.8 Å². The smallest absolute Gasteiger partial charge is 0.340 e. The summed E-state index contributed by atoms with van der Waals surface area (Å²) in [5, 5.41) is 0.421. The van der Waals surface area contributed by atoms with Crippen LogP contribution in [0.15, 0.2) is 12.1 Å². The van der Waals surface area contributed by atoms with Gasteiger partial charge in [-0.25, -0.2) is 4.79 Å². The molecule has 1 aliphatic heterocycles. The third-order valence-electron chi connectivity index (χ3n) is 3.41. The number of carbonyl (C=O) groups excluding carboxylic acids is 2. The van der Waals surface area contributed by atoms with Crippen LogP contribution < -0.4 is 5.73 Å². The molecule has 0 unspecified atom stereocenters. The molecule has 126 valence electrons. The summed E-state index contributed by atoms with van der Waals surface area (Å²) in [6.45, 7) is 4.33. The van der Waals surface area contributed by atoms with E-state index in [2.05, 4.69) is 0 Å². The number of ether oxygens (including phenoxy) is 2. The van der Waals surface area contributed by atoms with Gasteiger partial charge in [0.2, 0.25) is 0 Å². The summed E-state index contributed by atoms with van der Waals surface area (Å²) < 4.78 is 10.6. The predicted octanol–water partition coefficient (Wildman–Crippen LogP) is 2.37. The van der Waals surface area contributed by atoms with Crippen LogP contribution in [-0.2, 0) is 14.3 Å². The highest BCUT2D eigenvalue weighted by molar-refractivity contribution is 6.37.